The van der Waals surface area contributed by atoms with Crippen molar-refractivity contribution in [1.82, 2.24) is 5.32 Å². The van der Waals surface area contributed by atoms with E-state index in [4.69, 9.17) is 5.53 Å². The topological polar surface area (TPSA) is 60.6 Å². The first-order valence-electron chi connectivity index (χ1n) is 3.49. The highest BCUT2D eigenvalue weighted by molar-refractivity contribution is 5.87. The molecule has 0 spiro atoms. The molecule has 1 rings (SSSR count). The van der Waals surface area contributed by atoms with Crippen LogP contribution in [0.3, 0.4) is 0 Å². The summed E-state index contributed by atoms with van der Waals surface area (Å²) in [5, 5.41) is 9.90. The van der Waals surface area contributed by atoms with E-state index in [0.717, 1.165) is 18.7 Å². The summed E-state index contributed by atoms with van der Waals surface area (Å²) in [6.07, 6.45) is 2.33. The molecular formula is C6H12N4. The van der Waals surface area contributed by atoms with Crippen LogP contribution in [0.25, 0.3) is 0 Å². The van der Waals surface area contributed by atoms with Crippen molar-refractivity contribution in [2.45, 2.75) is 25.8 Å². The summed E-state index contributed by atoms with van der Waals surface area (Å²) in [7, 11) is 0. The van der Waals surface area contributed by atoms with Crippen molar-refractivity contribution >= 4 is 5.71 Å². The average Bonchev–Trinajstić information content (AvgIpc) is 2.38. The SMILES string of the molecule is C/C(=N\N=N)[C@@H]1CCCN1. The van der Waals surface area contributed by atoms with Crippen molar-refractivity contribution in [1.29, 1.82) is 5.53 Å². The first-order valence-corrected chi connectivity index (χ1v) is 3.49. The molecule has 0 radical (unpaired) electrons. The quantitative estimate of drug-likeness (QED) is 0.337. The lowest BCUT2D eigenvalue weighted by atomic mass is 10.1. The first-order chi connectivity index (χ1) is 4.84. The van der Waals surface area contributed by atoms with Crippen molar-refractivity contribution in [3.63, 3.8) is 0 Å². The molecular weight excluding hydrogens is 128 g/mol. The van der Waals surface area contributed by atoms with Gasteiger partial charge in [-0.25, -0.2) is 0 Å². The maximum absolute atomic E-state index is 6.51. The number of nitrogens with one attached hydrogen (secondary N) is 2. The van der Waals surface area contributed by atoms with Crippen LogP contribution in [0.2, 0.25) is 0 Å². The van der Waals surface area contributed by atoms with Gasteiger partial charge >= 0.3 is 0 Å². The molecule has 1 aliphatic heterocycles. The number of nitrogens with zero attached hydrogens (tertiary/aromatic N) is 2. The van der Waals surface area contributed by atoms with Crippen LogP contribution in [-0.2, 0) is 0 Å². The van der Waals surface area contributed by atoms with Crippen LogP contribution in [-0.4, -0.2) is 18.3 Å². The van der Waals surface area contributed by atoms with Crippen LogP contribution in [0.4, 0.5) is 0 Å². The van der Waals surface area contributed by atoms with Gasteiger partial charge in [-0.1, -0.05) is 5.22 Å². The Labute approximate surface area is 60.2 Å². The minimum atomic E-state index is 0.370. The maximum Gasteiger partial charge on any atom is 0.0562 e. The van der Waals surface area contributed by atoms with Gasteiger partial charge in [0, 0.05) is 6.04 Å². The minimum Gasteiger partial charge on any atom is -0.309 e. The summed E-state index contributed by atoms with van der Waals surface area (Å²) in [6, 6.07) is 0.370. The summed E-state index contributed by atoms with van der Waals surface area (Å²) in [6.45, 7) is 2.97. The highest BCUT2D eigenvalue weighted by Crippen LogP contribution is 2.06. The van der Waals surface area contributed by atoms with Crippen molar-refractivity contribution in [3.8, 4) is 0 Å². The molecule has 4 nitrogen and oxygen atoms in total. The van der Waals surface area contributed by atoms with Crippen molar-refractivity contribution in [3.05, 3.63) is 0 Å². The smallest absolute Gasteiger partial charge is 0.0562 e. The van der Waals surface area contributed by atoms with Gasteiger partial charge in [-0.3, -0.25) is 0 Å². The molecule has 1 aliphatic rings. The van der Waals surface area contributed by atoms with Crippen LogP contribution in [0.5, 0.6) is 0 Å². The predicted molar refractivity (Wildman–Crippen MR) is 39.3 cm³/mol. The summed E-state index contributed by atoms with van der Waals surface area (Å²) in [4.78, 5) is 0. The fourth-order valence-electron chi connectivity index (χ4n) is 1.19. The summed E-state index contributed by atoms with van der Waals surface area (Å²) in [5.41, 5.74) is 7.43. The maximum atomic E-state index is 6.51. The molecule has 0 amide bonds. The van der Waals surface area contributed by atoms with E-state index in [1.54, 1.807) is 0 Å². The zero-order valence-electron chi connectivity index (χ0n) is 6.09. The van der Waals surface area contributed by atoms with E-state index >= 15 is 0 Å². The van der Waals surface area contributed by atoms with Gasteiger partial charge in [0.25, 0.3) is 0 Å². The fraction of sp³-hybridized carbons (Fsp3) is 0.833. The Hall–Kier alpha value is -0.770. The molecule has 2 N–H and O–H groups in total. The van der Waals surface area contributed by atoms with Crippen molar-refractivity contribution in [2.24, 2.45) is 10.3 Å². The Bertz CT molecular complexity index is 146. The molecule has 1 fully saturated rings. The van der Waals surface area contributed by atoms with Crippen molar-refractivity contribution in [2.75, 3.05) is 6.54 Å². The van der Waals surface area contributed by atoms with Crippen LogP contribution in [0.15, 0.2) is 10.3 Å². The van der Waals surface area contributed by atoms with Crippen molar-refractivity contribution < 1.29 is 0 Å². The summed E-state index contributed by atoms with van der Waals surface area (Å²) in [5.74, 6) is 0. The molecule has 0 unspecified atom stereocenters. The molecule has 0 saturated carbocycles. The highest BCUT2D eigenvalue weighted by atomic mass is 15.3. The van der Waals surface area contributed by atoms with Crippen LogP contribution < -0.4 is 5.32 Å². The van der Waals surface area contributed by atoms with E-state index in [2.05, 4.69) is 15.6 Å². The first kappa shape index (κ1) is 7.34. The third-order valence-electron chi connectivity index (χ3n) is 1.77. The average molecular weight is 140 g/mol. The Kier molecular flexibility index (Phi) is 2.50. The molecule has 0 aromatic heterocycles. The zero-order chi connectivity index (χ0) is 7.40. The second kappa shape index (κ2) is 3.41. The van der Waals surface area contributed by atoms with Gasteiger partial charge in [0.15, 0.2) is 0 Å². The highest BCUT2D eigenvalue weighted by Gasteiger charge is 2.16. The number of rotatable bonds is 2. The van der Waals surface area contributed by atoms with Crippen LogP contribution >= 0.6 is 0 Å². The van der Waals surface area contributed by atoms with E-state index in [9.17, 15) is 0 Å². The lowest BCUT2D eigenvalue weighted by Crippen LogP contribution is -2.28. The monoisotopic (exact) mass is 140 g/mol. The summed E-state index contributed by atoms with van der Waals surface area (Å²) < 4.78 is 0. The molecule has 1 saturated heterocycles. The van der Waals surface area contributed by atoms with Gasteiger partial charge in [0.1, 0.15) is 0 Å². The molecule has 0 aromatic rings. The zero-order valence-corrected chi connectivity index (χ0v) is 6.09. The number of hydrogen-bond donors (Lipinski definition) is 2. The molecule has 4 heteroatoms. The Morgan fingerprint density at radius 3 is 3.00 bits per heavy atom. The lowest BCUT2D eigenvalue weighted by Gasteiger charge is -2.05. The standard InChI is InChI=1S/C6H12N4/c1-5(9-10-7)6-3-2-4-8-6/h6-8H,2-4H2,1H3/b9-5+,10-7?/t6-/m0/s1. The largest absolute Gasteiger partial charge is 0.309 e. The van der Waals surface area contributed by atoms with Gasteiger partial charge in [-0.05, 0) is 26.3 Å². The van der Waals surface area contributed by atoms with E-state index in [-0.39, 0.29) is 0 Å². The normalized spacial score (nSPS) is 26.9. The third kappa shape index (κ3) is 1.60. The second-order valence-corrected chi connectivity index (χ2v) is 2.49. The lowest BCUT2D eigenvalue weighted by molar-refractivity contribution is 0.751. The molecule has 0 bridgehead atoms. The number of hydrogen-bond acceptors (Lipinski definition) is 3. The Balaban J connectivity index is 2.46. The molecule has 0 aliphatic carbocycles. The minimum absolute atomic E-state index is 0.370. The summed E-state index contributed by atoms with van der Waals surface area (Å²) >= 11 is 0. The van der Waals surface area contributed by atoms with E-state index in [1.807, 2.05) is 6.92 Å². The van der Waals surface area contributed by atoms with Crippen LogP contribution in [0, 0.1) is 5.53 Å². The third-order valence-corrected chi connectivity index (χ3v) is 1.77. The van der Waals surface area contributed by atoms with Gasteiger partial charge in [-0.2, -0.15) is 5.53 Å². The van der Waals surface area contributed by atoms with E-state index < -0.39 is 0 Å². The molecule has 1 heterocycles. The van der Waals surface area contributed by atoms with E-state index in [0.29, 0.717) is 6.04 Å². The van der Waals surface area contributed by atoms with Gasteiger partial charge in [-0.15, -0.1) is 5.10 Å². The Morgan fingerprint density at radius 2 is 2.50 bits per heavy atom. The molecule has 0 aromatic carbocycles. The Morgan fingerprint density at radius 1 is 1.70 bits per heavy atom. The predicted octanol–water partition coefficient (Wildman–Crippen LogP) is 1.15. The van der Waals surface area contributed by atoms with Gasteiger partial charge in [0.2, 0.25) is 0 Å². The molecule has 1 atom stereocenters. The van der Waals surface area contributed by atoms with Gasteiger partial charge in [0.05, 0.1) is 5.71 Å². The van der Waals surface area contributed by atoms with Crippen LogP contribution in [0.1, 0.15) is 19.8 Å². The molecule has 56 valence electrons. The fourth-order valence-corrected chi connectivity index (χ4v) is 1.19. The second-order valence-electron chi connectivity index (χ2n) is 2.49. The van der Waals surface area contributed by atoms with E-state index in [1.165, 1.54) is 6.42 Å². The van der Waals surface area contributed by atoms with Gasteiger partial charge < -0.3 is 5.32 Å². The molecule has 10 heavy (non-hydrogen) atoms.